The Hall–Kier alpha value is -3.12. The highest BCUT2D eigenvalue weighted by Crippen LogP contribution is 2.26. The molecule has 0 amide bonds. The third kappa shape index (κ3) is 5.14. The molecule has 0 radical (unpaired) electrons. The van der Waals surface area contributed by atoms with Gasteiger partial charge in [0.2, 0.25) is 0 Å². The van der Waals surface area contributed by atoms with E-state index in [9.17, 15) is 4.79 Å². The highest BCUT2D eigenvalue weighted by Gasteiger charge is 2.14. The van der Waals surface area contributed by atoms with Gasteiger partial charge in [0, 0.05) is 11.0 Å². The number of carbonyl (C=O) groups is 1. The van der Waals surface area contributed by atoms with Crippen LogP contribution < -0.4 is 0 Å². The van der Waals surface area contributed by atoms with E-state index >= 15 is 0 Å². The van der Waals surface area contributed by atoms with Crippen LogP contribution in [0.5, 0.6) is 0 Å². The van der Waals surface area contributed by atoms with E-state index in [-0.39, 0.29) is 5.97 Å². The Morgan fingerprint density at radius 1 is 1.13 bits per heavy atom. The van der Waals surface area contributed by atoms with Crippen LogP contribution in [0.25, 0.3) is 10.9 Å². The average molecular weight is 479 g/mol. The molecule has 0 N–H and O–H groups in total. The molecule has 1 aliphatic carbocycles. The predicted octanol–water partition coefficient (Wildman–Crippen LogP) is 5.92. The molecular formula is C25H23BrN2O3. The summed E-state index contributed by atoms with van der Waals surface area (Å²) in [5.74, 6) is 0.517. The molecule has 5 nitrogen and oxygen atoms in total. The SMILES string of the molecule is COC(=O)c1ccc2c(cnn2CC2=C/C/C(Br)=C\C\C=C\2OCc2ccccc2)c1. The maximum Gasteiger partial charge on any atom is 0.337 e. The molecule has 1 aromatic heterocycles. The Bertz CT molecular complexity index is 1180. The minimum Gasteiger partial charge on any atom is -0.489 e. The van der Waals surface area contributed by atoms with Gasteiger partial charge in [0.05, 0.1) is 30.9 Å². The smallest absolute Gasteiger partial charge is 0.337 e. The van der Waals surface area contributed by atoms with Crippen LogP contribution in [-0.4, -0.2) is 22.9 Å². The summed E-state index contributed by atoms with van der Waals surface area (Å²) in [5.41, 5.74) is 3.66. The van der Waals surface area contributed by atoms with Crippen LogP contribution in [0.1, 0.15) is 28.8 Å². The summed E-state index contributed by atoms with van der Waals surface area (Å²) in [4.78, 5) is 11.8. The molecule has 0 saturated heterocycles. The molecular weight excluding hydrogens is 456 g/mol. The van der Waals surface area contributed by atoms with Gasteiger partial charge in [-0.15, -0.1) is 0 Å². The first-order valence-electron chi connectivity index (χ1n) is 10.1. The Labute approximate surface area is 189 Å². The molecule has 2 aromatic carbocycles. The number of rotatable bonds is 6. The fraction of sp³-hybridized carbons (Fsp3) is 0.200. The molecule has 0 unspecified atom stereocenters. The maximum atomic E-state index is 11.8. The molecule has 1 heterocycles. The second kappa shape index (κ2) is 9.79. The van der Waals surface area contributed by atoms with Crippen LogP contribution in [0, 0.1) is 0 Å². The highest BCUT2D eigenvalue weighted by molar-refractivity contribution is 9.11. The van der Waals surface area contributed by atoms with Crippen molar-refractivity contribution in [2.75, 3.05) is 7.11 Å². The first-order valence-corrected chi connectivity index (χ1v) is 10.9. The van der Waals surface area contributed by atoms with Gasteiger partial charge in [0.1, 0.15) is 12.4 Å². The monoisotopic (exact) mass is 478 g/mol. The van der Waals surface area contributed by atoms with Gasteiger partial charge < -0.3 is 9.47 Å². The third-order valence-electron chi connectivity index (χ3n) is 5.12. The summed E-state index contributed by atoms with van der Waals surface area (Å²) in [5, 5.41) is 5.45. The molecule has 31 heavy (non-hydrogen) atoms. The zero-order valence-electron chi connectivity index (χ0n) is 17.3. The molecule has 0 saturated carbocycles. The summed E-state index contributed by atoms with van der Waals surface area (Å²) in [7, 11) is 1.38. The number of benzene rings is 2. The Balaban J connectivity index is 1.59. The number of ether oxygens (including phenoxy) is 2. The summed E-state index contributed by atoms with van der Waals surface area (Å²) in [6, 6.07) is 15.6. The summed E-state index contributed by atoms with van der Waals surface area (Å²) in [6.07, 6.45) is 9.80. The van der Waals surface area contributed by atoms with Crippen molar-refractivity contribution in [2.45, 2.75) is 26.0 Å². The second-order valence-corrected chi connectivity index (χ2v) is 8.25. The number of carbonyl (C=O) groups excluding carboxylic acids is 1. The van der Waals surface area contributed by atoms with Gasteiger partial charge >= 0.3 is 5.97 Å². The van der Waals surface area contributed by atoms with Crippen LogP contribution in [0.3, 0.4) is 0 Å². The lowest BCUT2D eigenvalue weighted by molar-refractivity contribution is 0.0601. The Kier molecular flexibility index (Phi) is 6.67. The van der Waals surface area contributed by atoms with E-state index in [1.165, 1.54) is 7.11 Å². The molecule has 4 rings (SSSR count). The van der Waals surface area contributed by atoms with Gasteiger partial charge in [0.15, 0.2) is 0 Å². The Morgan fingerprint density at radius 2 is 1.97 bits per heavy atom. The number of aromatic nitrogens is 2. The highest BCUT2D eigenvalue weighted by atomic mass is 79.9. The molecule has 1 aliphatic rings. The molecule has 0 spiro atoms. The largest absolute Gasteiger partial charge is 0.489 e. The zero-order chi connectivity index (χ0) is 21.6. The number of esters is 1. The maximum absolute atomic E-state index is 11.8. The van der Waals surface area contributed by atoms with Crippen LogP contribution >= 0.6 is 15.9 Å². The van der Waals surface area contributed by atoms with Crippen molar-refractivity contribution in [3.8, 4) is 0 Å². The minimum atomic E-state index is -0.353. The first kappa shape index (κ1) is 21.1. The fourth-order valence-corrected chi connectivity index (χ4v) is 3.83. The number of halogens is 1. The summed E-state index contributed by atoms with van der Waals surface area (Å²) >= 11 is 3.62. The van der Waals surface area contributed by atoms with Gasteiger partial charge in [-0.05, 0) is 47.2 Å². The first-order chi connectivity index (χ1) is 15.1. The van der Waals surface area contributed by atoms with Crippen LogP contribution in [0.4, 0.5) is 0 Å². The van der Waals surface area contributed by atoms with Gasteiger partial charge in [-0.2, -0.15) is 5.10 Å². The normalized spacial score (nSPS) is 19.2. The molecule has 3 aromatic rings. The van der Waals surface area contributed by atoms with Crippen molar-refractivity contribution >= 4 is 32.8 Å². The van der Waals surface area contributed by atoms with E-state index < -0.39 is 0 Å². The van der Waals surface area contributed by atoms with Crippen molar-refractivity contribution in [1.29, 1.82) is 0 Å². The Morgan fingerprint density at radius 3 is 2.77 bits per heavy atom. The number of hydrogen-bond acceptors (Lipinski definition) is 4. The predicted molar refractivity (Wildman–Crippen MR) is 125 cm³/mol. The molecule has 0 bridgehead atoms. The molecule has 0 aliphatic heterocycles. The fourth-order valence-electron chi connectivity index (χ4n) is 3.48. The van der Waals surface area contributed by atoms with E-state index in [2.05, 4.69) is 51.4 Å². The third-order valence-corrected chi connectivity index (χ3v) is 5.77. The number of hydrogen-bond donors (Lipinski definition) is 0. The van der Waals surface area contributed by atoms with E-state index in [1.807, 2.05) is 28.9 Å². The van der Waals surface area contributed by atoms with Crippen molar-refractivity contribution in [1.82, 2.24) is 9.78 Å². The number of fused-ring (bicyclic) bond motifs is 1. The molecule has 0 atom stereocenters. The van der Waals surface area contributed by atoms with E-state index in [0.717, 1.165) is 45.1 Å². The number of nitrogens with zero attached hydrogens (tertiary/aromatic N) is 2. The summed E-state index contributed by atoms with van der Waals surface area (Å²) in [6.45, 7) is 1.08. The minimum absolute atomic E-state index is 0.353. The van der Waals surface area contributed by atoms with Crippen molar-refractivity contribution in [3.05, 3.63) is 99.9 Å². The zero-order valence-corrected chi connectivity index (χ0v) is 18.8. The van der Waals surface area contributed by atoms with E-state index in [4.69, 9.17) is 9.47 Å². The molecule has 0 fully saturated rings. The van der Waals surface area contributed by atoms with Crippen LogP contribution in [-0.2, 0) is 22.6 Å². The van der Waals surface area contributed by atoms with Crippen molar-refractivity contribution in [2.24, 2.45) is 0 Å². The summed E-state index contributed by atoms with van der Waals surface area (Å²) < 4.78 is 14.1. The van der Waals surface area contributed by atoms with Gasteiger partial charge in [-0.3, -0.25) is 4.68 Å². The molecule has 6 heteroatoms. The second-order valence-electron chi connectivity index (χ2n) is 7.23. The topological polar surface area (TPSA) is 53.3 Å². The van der Waals surface area contributed by atoms with Gasteiger partial charge in [-0.25, -0.2) is 4.79 Å². The van der Waals surface area contributed by atoms with Crippen molar-refractivity contribution in [3.63, 3.8) is 0 Å². The number of allylic oxidation sites excluding steroid dienone is 5. The van der Waals surface area contributed by atoms with Crippen molar-refractivity contribution < 1.29 is 14.3 Å². The lowest BCUT2D eigenvalue weighted by Crippen LogP contribution is -2.08. The van der Waals surface area contributed by atoms with Crippen LogP contribution in [0.2, 0.25) is 0 Å². The molecule has 158 valence electrons. The van der Waals surface area contributed by atoms with Crippen LogP contribution in [0.15, 0.2) is 88.8 Å². The number of methoxy groups -OCH3 is 1. The van der Waals surface area contributed by atoms with E-state index in [0.29, 0.717) is 18.7 Å². The lowest BCUT2D eigenvalue weighted by atomic mass is 10.1. The van der Waals surface area contributed by atoms with Gasteiger partial charge in [0.25, 0.3) is 0 Å². The quantitative estimate of drug-likeness (QED) is 0.412. The lowest BCUT2D eigenvalue weighted by Gasteiger charge is -2.17. The van der Waals surface area contributed by atoms with E-state index in [1.54, 1.807) is 18.3 Å². The van der Waals surface area contributed by atoms with Gasteiger partial charge in [-0.1, -0.05) is 58.4 Å². The standard InChI is InChI=1S/C25H23BrN2O3/c1-30-25(29)19-11-13-23-21(14-19)15-27-28(23)16-20-10-12-22(26)8-5-9-24(20)31-17-18-6-3-2-4-7-18/h2-4,6-11,13-15H,5,12,16-17H2,1H3/b20-10-,22-8+,24-9-. The average Bonchev–Trinajstić information content (AvgIpc) is 3.20.